The molecule has 6 unspecified atom stereocenters. The maximum atomic E-state index is 12.2. The third-order valence-corrected chi connectivity index (χ3v) is 5.27. The molecule has 24 heavy (non-hydrogen) atoms. The second-order valence-corrected chi connectivity index (χ2v) is 6.93. The van der Waals surface area contributed by atoms with Crippen LogP contribution in [0.4, 0.5) is 9.59 Å². The van der Waals surface area contributed by atoms with Gasteiger partial charge in [0.15, 0.2) is 0 Å². The molecule has 4 rings (SSSR count). The number of fused-ring (bicyclic) bond motifs is 2. The zero-order chi connectivity index (χ0) is 16.7. The van der Waals surface area contributed by atoms with Crippen molar-refractivity contribution in [3.05, 3.63) is 0 Å². The molecule has 4 aliphatic rings. The molecule has 2 heterocycles. The topological polar surface area (TPSA) is 97.4 Å². The lowest BCUT2D eigenvalue weighted by Crippen LogP contribution is -2.37. The molecule has 132 valence electrons. The maximum absolute atomic E-state index is 12.2. The summed E-state index contributed by atoms with van der Waals surface area (Å²) in [5.41, 5.74) is 0. The second-order valence-electron chi connectivity index (χ2n) is 6.93. The molecule has 2 aliphatic carbocycles. The van der Waals surface area contributed by atoms with E-state index in [0.29, 0.717) is 32.1 Å². The monoisotopic (exact) mass is 340 g/mol. The highest BCUT2D eigenvalue weighted by atomic mass is 16.8. The molecule has 4 fully saturated rings. The molecule has 2 saturated heterocycles. The molecule has 0 bridgehead atoms. The predicted molar refractivity (Wildman–Crippen MR) is 76.0 cm³/mol. The molecule has 0 aromatic heterocycles. The van der Waals surface area contributed by atoms with Crippen LogP contribution in [0, 0.1) is 5.92 Å². The standard InChI is InChI=1S/C16H20O8/c17-14(6-8-1-3-10-12(5-8)23-15(18)21-10)20-9-2-4-11-13(7-9)24-16(19)22-11/h8-13H,1-7H2. The summed E-state index contributed by atoms with van der Waals surface area (Å²) in [5, 5.41) is 0. The van der Waals surface area contributed by atoms with Gasteiger partial charge in [0.1, 0.15) is 30.5 Å². The van der Waals surface area contributed by atoms with E-state index in [-0.39, 0.29) is 42.4 Å². The molecular weight excluding hydrogens is 320 g/mol. The lowest BCUT2D eigenvalue weighted by Gasteiger charge is -2.30. The average molecular weight is 340 g/mol. The van der Waals surface area contributed by atoms with Crippen LogP contribution in [0.3, 0.4) is 0 Å². The van der Waals surface area contributed by atoms with Gasteiger partial charge in [-0.2, -0.15) is 0 Å². The van der Waals surface area contributed by atoms with Crippen LogP contribution < -0.4 is 0 Å². The quantitative estimate of drug-likeness (QED) is 0.569. The summed E-state index contributed by atoms with van der Waals surface area (Å²) in [5.74, 6) is -0.116. The fourth-order valence-electron chi connectivity index (χ4n) is 4.08. The van der Waals surface area contributed by atoms with Crippen LogP contribution >= 0.6 is 0 Å². The number of hydrogen-bond acceptors (Lipinski definition) is 8. The summed E-state index contributed by atoms with van der Waals surface area (Å²) in [6.07, 6.45) is 1.86. The molecule has 2 saturated carbocycles. The van der Waals surface area contributed by atoms with Gasteiger partial charge in [-0.3, -0.25) is 4.79 Å². The van der Waals surface area contributed by atoms with Crippen molar-refractivity contribution in [2.24, 2.45) is 5.92 Å². The zero-order valence-corrected chi connectivity index (χ0v) is 13.2. The van der Waals surface area contributed by atoms with Crippen LogP contribution in [0.25, 0.3) is 0 Å². The first-order valence-corrected chi connectivity index (χ1v) is 8.51. The fraction of sp³-hybridized carbons (Fsp3) is 0.812. The van der Waals surface area contributed by atoms with E-state index in [4.69, 9.17) is 23.7 Å². The highest BCUT2D eigenvalue weighted by Crippen LogP contribution is 2.35. The zero-order valence-electron chi connectivity index (χ0n) is 13.2. The van der Waals surface area contributed by atoms with E-state index < -0.39 is 12.3 Å². The van der Waals surface area contributed by atoms with E-state index in [2.05, 4.69) is 0 Å². The third-order valence-electron chi connectivity index (χ3n) is 5.27. The Morgan fingerprint density at radius 3 is 2.12 bits per heavy atom. The van der Waals surface area contributed by atoms with E-state index in [0.717, 1.165) is 12.8 Å². The predicted octanol–water partition coefficient (Wildman–Crippen LogP) is 2.08. The molecule has 0 N–H and O–H groups in total. The van der Waals surface area contributed by atoms with Crippen molar-refractivity contribution < 1.29 is 38.1 Å². The van der Waals surface area contributed by atoms with E-state index in [9.17, 15) is 14.4 Å². The van der Waals surface area contributed by atoms with Gasteiger partial charge in [0.2, 0.25) is 0 Å². The molecule has 0 aromatic rings. The minimum atomic E-state index is -0.637. The van der Waals surface area contributed by atoms with Crippen molar-refractivity contribution in [3.63, 3.8) is 0 Å². The van der Waals surface area contributed by atoms with Gasteiger partial charge in [0, 0.05) is 12.8 Å². The Kier molecular flexibility index (Phi) is 3.97. The van der Waals surface area contributed by atoms with Gasteiger partial charge in [-0.05, 0) is 38.0 Å². The summed E-state index contributed by atoms with van der Waals surface area (Å²) in [7, 11) is 0. The number of esters is 1. The first-order chi connectivity index (χ1) is 11.6. The third kappa shape index (κ3) is 3.14. The molecule has 6 atom stereocenters. The second kappa shape index (κ2) is 6.14. The van der Waals surface area contributed by atoms with Gasteiger partial charge >= 0.3 is 18.3 Å². The van der Waals surface area contributed by atoms with E-state index in [1.54, 1.807) is 0 Å². The van der Waals surface area contributed by atoms with E-state index in [1.807, 2.05) is 0 Å². The van der Waals surface area contributed by atoms with Crippen LogP contribution in [-0.4, -0.2) is 48.8 Å². The summed E-state index contributed by atoms with van der Waals surface area (Å²) < 4.78 is 25.8. The lowest BCUT2D eigenvalue weighted by atomic mass is 9.83. The van der Waals surface area contributed by atoms with Crippen LogP contribution in [0.2, 0.25) is 0 Å². The average Bonchev–Trinajstić information content (AvgIpc) is 3.06. The summed E-state index contributed by atoms with van der Waals surface area (Å²) in [6, 6.07) is 0. The van der Waals surface area contributed by atoms with Gasteiger partial charge in [-0.1, -0.05) is 0 Å². The van der Waals surface area contributed by atoms with Gasteiger partial charge in [-0.25, -0.2) is 9.59 Å². The van der Waals surface area contributed by atoms with E-state index in [1.165, 1.54) is 0 Å². The molecule has 0 aromatic carbocycles. The van der Waals surface area contributed by atoms with Crippen LogP contribution in [0.15, 0.2) is 0 Å². The van der Waals surface area contributed by atoms with Crippen LogP contribution in [0.1, 0.15) is 44.9 Å². The Bertz CT molecular complexity index is 500. The minimum absolute atomic E-state index is 0.136. The fourth-order valence-corrected chi connectivity index (χ4v) is 4.08. The smallest absolute Gasteiger partial charge is 0.462 e. The van der Waals surface area contributed by atoms with Gasteiger partial charge in [-0.15, -0.1) is 0 Å². The molecule has 0 spiro atoms. The Balaban J connectivity index is 1.24. The Hall–Kier alpha value is -1.99. The Morgan fingerprint density at radius 2 is 1.42 bits per heavy atom. The van der Waals surface area contributed by atoms with Crippen molar-refractivity contribution in [2.45, 2.75) is 75.5 Å². The largest absolute Gasteiger partial charge is 0.509 e. The Labute approximate surface area is 138 Å². The minimum Gasteiger partial charge on any atom is -0.462 e. The SMILES string of the molecule is O=C(CC1CCC2OC(=O)OC2C1)OC1CCC2OC(=O)OC2C1. The number of hydrogen-bond donors (Lipinski definition) is 0. The van der Waals surface area contributed by atoms with Gasteiger partial charge in [0.25, 0.3) is 0 Å². The van der Waals surface area contributed by atoms with Crippen molar-refractivity contribution in [3.8, 4) is 0 Å². The van der Waals surface area contributed by atoms with Crippen LogP contribution in [0.5, 0.6) is 0 Å². The molecule has 8 nitrogen and oxygen atoms in total. The summed E-state index contributed by atoms with van der Waals surface area (Å²) in [6.45, 7) is 0. The molecule has 8 heteroatoms. The van der Waals surface area contributed by atoms with Crippen molar-refractivity contribution >= 4 is 18.3 Å². The normalized spacial score (nSPS) is 40.5. The highest BCUT2D eigenvalue weighted by Gasteiger charge is 2.44. The molecular formula is C16H20O8. The number of ether oxygens (including phenoxy) is 5. The number of carbonyl (C=O) groups is 3. The maximum Gasteiger partial charge on any atom is 0.509 e. The van der Waals surface area contributed by atoms with Gasteiger partial charge < -0.3 is 23.7 Å². The summed E-state index contributed by atoms with van der Waals surface area (Å²) in [4.78, 5) is 34.4. The van der Waals surface area contributed by atoms with Crippen molar-refractivity contribution in [2.75, 3.05) is 0 Å². The Morgan fingerprint density at radius 1 is 0.833 bits per heavy atom. The molecule has 0 radical (unpaired) electrons. The van der Waals surface area contributed by atoms with Crippen LogP contribution in [-0.2, 0) is 28.5 Å². The highest BCUT2D eigenvalue weighted by molar-refractivity contribution is 5.70. The molecule has 2 aliphatic heterocycles. The number of carbonyl (C=O) groups excluding carboxylic acids is 3. The lowest BCUT2D eigenvalue weighted by molar-refractivity contribution is -0.154. The van der Waals surface area contributed by atoms with Gasteiger partial charge in [0.05, 0.1) is 0 Å². The molecule has 0 amide bonds. The van der Waals surface area contributed by atoms with Crippen molar-refractivity contribution in [1.82, 2.24) is 0 Å². The van der Waals surface area contributed by atoms with E-state index >= 15 is 0 Å². The number of rotatable bonds is 3. The first-order valence-electron chi connectivity index (χ1n) is 8.51. The van der Waals surface area contributed by atoms with Crippen molar-refractivity contribution in [1.29, 1.82) is 0 Å². The first kappa shape index (κ1) is 15.5. The summed E-state index contributed by atoms with van der Waals surface area (Å²) >= 11 is 0.